The van der Waals surface area contributed by atoms with E-state index in [1.54, 1.807) is 6.07 Å². The van der Waals surface area contributed by atoms with Gasteiger partial charge in [-0.05, 0) is 5.56 Å². The summed E-state index contributed by atoms with van der Waals surface area (Å²) in [5.74, 6) is 2.05. The lowest BCUT2D eigenvalue weighted by Crippen LogP contribution is -2.28. The number of carbonyl (C=O) groups is 1. The van der Waals surface area contributed by atoms with Gasteiger partial charge in [-0.1, -0.05) is 30.3 Å². The van der Waals surface area contributed by atoms with Crippen molar-refractivity contribution in [2.45, 2.75) is 26.3 Å². The molecule has 1 aromatic carbocycles. The predicted octanol–water partition coefficient (Wildman–Crippen LogP) is 2.49. The Hall–Kier alpha value is -2.50. The van der Waals surface area contributed by atoms with Gasteiger partial charge >= 0.3 is 6.03 Å². The Balaban J connectivity index is 1.58. The van der Waals surface area contributed by atoms with Crippen LogP contribution in [0, 0.1) is 0 Å². The van der Waals surface area contributed by atoms with Gasteiger partial charge in [0.1, 0.15) is 11.5 Å². The van der Waals surface area contributed by atoms with E-state index in [1.165, 1.54) is 5.56 Å². The molecule has 0 atom stereocenters. The van der Waals surface area contributed by atoms with E-state index in [4.69, 9.17) is 9.26 Å². The molecule has 6 nitrogen and oxygen atoms in total. The lowest BCUT2D eigenvalue weighted by molar-refractivity contribution is 0.251. The number of aromatic nitrogens is 1. The smallest absolute Gasteiger partial charge is 0.320 e. The van der Waals surface area contributed by atoms with Gasteiger partial charge in [0.2, 0.25) is 0 Å². The fourth-order valence-corrected chi connectivity index (χ4v) is 2.30. The maximum atomic E-state index is 11.8. The van der Waals surface area contributed by atoms with Crippen molar-refractivity contribution in [3.05, 3.63) is 41.2 Å². The Morgan fingerprint density at radius 3 is 3.14 bits per heavy atom. The molecule has 0 saturated heterocycles. The number of anilines is 1. The van der Waals surface area contributed by atoms with Gasteiger partial charge in [0.25, 0.3) is 0 Å². The molecule has 1 aromatic heterocycles. The van der Waals surface area contributed by atoms with Crippen LogP contribution in [0.3, 0.4) is 0 Å². The van der Waals surface area contributed by atoms with Crippen LogP contribution in [0.25, 0.3) is 0 Å². The highest BCUT2D eigenvalue weighted by molar-refractivity contribution is 5.88. The Bertz CT molecular complexity index is 651. The number of amides is 2. The zero-order chi connectivity index (χ0) is 14.7. The molecule has 0 spiro atoms. The fraction of sp³-hybridized carbons (Fsp3) is 0.333. The van der Waals surface area contributed by atoms with Crippen LogP contribution in [0.2, 0.25) is 0 Å². The Kier molecular flexibility index (Phi) is 3.77. The molecule has 21 heavy (non-hydrogen) atoms. The third-order valence-corrected chi connectivity index (χ3v) is 3.38. The van der Waals surface area contributed by atoms with Gasteiger partial charge < -0.3 is 14.6 Å². The first kappa shape index (κ1) is 13.5. The molecular weight excluding hydrogens is 270 g/mol. The first-order valence-electron chi connectivity index (χ1n) is 7.00. The van der Waals surface area contributed by atoms with Crippen LogP contribution >= 0.6 is 0 Å². The standard InChI is InChI=1S/C15H17N3O3/c1-2-12-8-13(18-21-12)17-15(19)16-9-11-5-3-4-10-6-7-20-14(10)11/h3-5,8H,2,6-7,9H2,1H3,(H2,16,17,18,19). The quantitative estimate of drug-likeness (QED) is 0.905. The molecule has 0 saturated carbocycles. The zero-order valence-electron chi connectivity index (χ0n) is 11.8. The highest BCUT2D eigenvalue weighted by Crippen LogP contribution is 2.29. The number of urea groups is 1. The Morgan fingerprint density at radius 1 is 1.43 bits per heavy atom. The number of nitrogens with zero attached hydrogens (tertiary/aromatic N) is 1. The van der Waals surface area contributed by atoms with Crippen molar-refractivity contribution in [2.24, 2.45) is 0 Å². The number of hydrogen-bond acceptors (Lipinski definition) is 4. The van der Waals surface area contributed by atoms with Gasteiger partial charge in [0, 0.05) is 31.0 Å². The van der Waals surface area contributed by atoms with Gasteiger partial charge in [-0.15, -0.1) is 0 Å². The summed E-state index contributed by atoms with van der Waals surface area (Å²) in [6.45, 7) is 3.07. The number of ether oxygens (including phenoxy) is 1. The van der Waals surface area contributed by atoms with Crippen LogP contribution in [0.1, 0.15) is 23.8 Å². The highest BCUT2D eigenvalue weighted by atomic mass is 16.5. The van der Waals surface area contributed by atoms with Crippen LogP contribution in [0.5, 0.6) is 5.75 Å². The number of hydrogen-bond donors (Lipinski definition) is 2. The number of nitrogens with one attached hydrogen (secondary N) is 2. The van der Waals surface area contributed by atoms with Crippen molar-refractivity contribution in [3.63, 3.8) is 0 Å². The number of aryl methyl sites for hydroxylation is 1. The molecule has 0 unspecified atom stereocenters. The van der Waals surface area contributed by atoms with Crippen molar-refractivity contribution in [1.29, 1.82) is 0 Å². The summed E-state index contributed by atoms with van der Waals surface area (Å²) in [4.78, 5) is 11.8. The molecule has 2 aromatic rings. The van der Waals surface area contributed by atoms with Crippen molar-refractivity contribution in [1.82, 2.24) is 10.5 Å². The monoisotopic (exact) mass is 287 g/mol. The molecule has 110 valence electrons. The molecule has 0 aliphatic carbocycles. The third-order valence-electron chi connectivity index (χ3n) is 3.38. The summed E-state index contributed by atoms with van der Waals surface area (Å²) in [6, 6.07) is 7.38. The molecule has 1 aliphatic heterocycles. The molecule has 2 N–H and O–H groups in total. The van der Waals surface area contributed by atoms with Gasteiger partial charge in [-0.2, -0.15) is 0 Å². The van der Waals surface area contributed by atoms with Crippen LogP contribution in [-0.4, -0.2) is 17.8 Å². The fourth-order valence-electron chi connectivity index (χ4n) is 2.30. The number of para-hydroxylation sites is 1. The third kappa shape index (κ3) is 2.99. The molecule has 1 aliphatic rings. The maximum absolute atomic E-state index is 11.8. The van der Waals surface area contributed by atoms with Crippen LogP contribution in [-0.2, 0) is 19.4 Å². The minimum absolute atomic E-state index is 0.318. The van der Waals surface area contributed by atoms with Crippen LogP contribution in [0.15, 0.2) is 28.8 Å². The molecule has 2 amide bonds. The van der Waals surface area contributed by atoms with E-state index >= 15 is 0 Å². The number of carbonyl (C=O) groups excluding carboxylic acids is 1. The van der Waals surface area contributed by atoms with E-state index in [0.29, 0.717) is 19.0 Å². The second-order valence-corrected chi connectivity index (χ2v) is 4.84. The SMILES string of the molecule is CCc1cc(NC(=O)NCc2cccc3c2OCC3)no1. The summed E-state index contributed by atoms with van der Waals surface area (Å²) >= 11 is 0. The van der Waals surface area contributed by atoms with Crippen LogP contribution in [0.4, 0.5) is 10.6 Å². The first-order chi connectivity index (χ1) is 10.3. The summed E-state index contributed by atoms with van der Waals surface area (Å²) in [6.07, 6.45) is 1.66. The van der Waals surface area contributed by atoms with E-state index in [9.17, 15) is 4.79 Å². The molecule has 0 bridgehead atoms. The lowest BCUT2D eigenvalue weighted by atomic mass is 10.1. The van der Waals surface area contributed by atoms with E-state index < -0.39 is 0 Å². The van der Waals surface area contributed by atoms with Crippen molar-refractivity contribution in [3.8, 4) is 5.75 Å². The molecule has 2 heterocycles. The van der Waals surface area contributed by atoms with Crippen LogP contribution < -0.4 is 15.4 Å². The lowest BCUT2D eigenvalue weighted by Gasteiger charge is -2.09. The predicted molar refractivity (Wildman–Crippen MR) is 77.4 cm³/mol. The zero-order valence-corrected chi connectivity index (χ0v) is 11.8. The highest BCUT2D eigenvalue weighted by Gasteiger charge is 2.16. The maximum Gasteiger partial charge on any atom is 0.320 e. The Labute approximate surface area is 122 Å². The van der Waals surface area contributed by atoms with E-state index in [2.05, 4.69) is 15.8 Å². The molecular formula is C15H17N3O3. The van der Waals surface area contributed by atoms with E-state index in [-0.39, 0.29) is 6.03 Å². The normalized spacial score (nSPS) is 12.6. The molecule has 0 radical (unpaired) electrons. The van der Waals surface area contributed by atoms with Crippen molar-refractivity contribution < 1.29 is 14.1 Å². The first-order valence-corrected chi connectivity index (χ1v) is 7.00. The summed E-state index contributed by atoms with van der Waals surface area (Å²) < 4.78 is 10.6. The molecule has 0 fully saturated rings. The topological polar surface area (TPSA) is 76.4 Å². The molecule has 6 heteroatoms. The summed E-state index contributed by atoms with van der Waals surface area (Å²) in [5, 5.41) is 9.20. The van der Waals surface area contributed by atoms with E-state index in [0.717, 1.165) is 29.9 Å². The summed E-state index contributed by atoms with van der Waals surface area (Å²) in [7, 11) is 0. The van der Waals surface area contributed by atoms with Crippen molar-refractivity contribution in [2.75, 3.05) is 11.9 Å². The molecule has 3 rings (SSSR count). The largest absolute Gasteiger partial charge is 0.493 e. The number of fused-ring (bicyclic) bond motifs is 1. The number of rotatable bonds is 4. The van der Waals surface area contributed by atoms with Gasteiger partial charge in [0.05, 0.1) is 6.61 Å². The van der Waals surface area contributed by atoms with E-state index in [1.807, 2.05) is 25.1 Å². The van der Waals surface area contributed by atoms with Gasteiger partial charge in [-0.25, -0.2) is 4.79 Å². The second kappa shape index (κ2) is 5.87. The minimum Gasteiger partial charge on any atom is -0.493 e. The second-order valence-electron chi connectivity index (χ2n) is 4.84. The average Bonchev–Trinajstić information content (AvgIpc) is 3.13. The summed E-state index contributed by atoms with van der Waals surface area (Å²) in [5.41, 5.74) is 2.17. The average molecular weight is 287 g/mol. The minimum atomic E-state index is -0.318. The van der Waals surface area contributed by atoms with Crippen molar-refractivity contribution >= 4 is 11.8 Å². The van der Waals surface area contributed by atoms with Gasteiger partial charge in [0.15, 0.2) is 5.82 Å². The van der Waals surface area contributed by atoms with Gasteiger partial charge in [-0.3, -0.25) is 5.32 Å². The number of benzene rings is 1. The Morgan fingerprint density at radius 2 is 2.33 bits per heavy atom.